The lowest BCUT2D eigenvalue weighted by Crippen LogP contribution is -2.44. The lowest BCUT2D eigenvalue weighted by molar-refractivity contribution is -0.126. The van der Waals surface area contributed by atoms with Crippen molar-refractivity contribution in [3.05, 3.63) is 54.1 Å². The van der Waals surface area contributed by atoms with Gasteiger partial charge in [0.2, 0.25) is 5.91 Å². The summed E-state index contributed by atoms with van der Waals surface area (Å²) in [6.07, 6.45) is 3.63. The molecule has 1 aromatic heterocycles. The number of amides is 1. The maximum absolute atomic E-state index is 12.9. The van der Waals surface area contributed by atoms with Crippen molar-refractivity contribution in [2.24, 2.45) is 7.05 Å². The number of benzene rings is 1. The third-order valence-electron chi connectivity index (χ3n) is 4.12. The SMILES string of the molecule is Cn1ccnc1CNC(=O)C(c1ccccc1)N1CCSCC1. The van der Waals surface area contributed by atoms with E-state index in [0.717, 1.165) is 36.0 Å². The summed E-state index contributed by atoms with van der Waals surface area (Å²) in [5.41, 5.74) is 1.05. The minimum atomic E-state index is -0.225. The average molecular weight is 330 g/mol. The van der Waals surface area contributed by atoms with Crippen molar-refractivity contribution in [2.45, 2.75) is 12.6 Å². The molecule has 23 heavy (non-hydrogen) atoms. The second kappa shape index (κ2) is 7.66. The first-order valence-electron chi connectivity index (χ1n) is 7.86. The molecule has 1 saturated heterocycles. The molecule has 0 spiro atoms. The van der Waals surface area contributed by atoms with E-state index in [-0.39, 0.29) is 11.9 Å². The van der Waals surface area contributed by atoms with Gasteiger partial charge in [0, 0.05) is 44.0 Å². The van der Waals surface area contributed by atoms with Crippen LogP contribution in [-0.2, 0) is 18.4 Å². The molecule has 1 fully saturated rings. The molecule has 1 aliphatic heterocycles. The van der Waals surface area contributed by atoms with Gasteiger partial charge in [-0.15, -0.1) is 0 Å². The Labute approximate surface area is 141 Å². The summed E-state index contributed by atoms with van der Waals surface area (Å²) in [4.78, 5) is 19.4. The largest absolute Gasteiger partial charge is 0.347 e. The predicted molar refractivity (Wildman–Crippen MR) is 93.1 cm³/mol. The quantitative estimate of drug-likeness (QED) is 0.909. The zero-order chi connectivity index (χ0) is 16.1. The van der Waals surface area contributed by atoms with Crippen molar-refractivity contribution in [1.82, 2.24) is 19.8 Å². The van der Waals surface area contributed by atoms with Gasteiger partial charge in [-0.25, -0.2) is 4.98 Å². The van der Waals surface area contributed by atoms with Crippen molar-refractivity contribution >= 4 is 17.7 Å². The van der Waals surface area contributed by atoms with E-state index in [1.165, 1.54) is 0 Å². The number of thioether (sulfide) groups is 1. The van der Waals surface area contributed by atoms with E-state index < -0.39 is 0 Å². The Hall–Kier alpha value is -1.79. The zero-order valence-electron chi connectivity index (χ0n) is 13.3. The summed E-state index contributed by atoms with van der Waals surface area (Å²) >= 11 is 1.95. The molecule has 5 nitrogen and oxygen atoms in total. The van der Waals surface area contributed by atoms with Gasteiger partial charge in [-0.1, -0.05) is 30.3 Å². The van der Waals surface area contributed by atoms with Crippen LogP contribution in [0.1, 0.15) is 17.4 Å². The number of carbonyl (C=O) groups is 1. The molecular formula is C17H22N4OS. The summed E-state index contributed by atoms with van der Waals surface area (Å²) in [5.74, 6) is 3.07. The molecule has 2 aromatic rings. The Morgan fingerprint density at radius 1 is 1.30 bits per heavy atom. The number of hydrogen-bond donors (Lipinski definition) is 1. The van der Waals surface area contributed by atoms with Gasteiger partial charge in [0.15, 0.2) is 0 Å². The van der Waals surface area contributed by atoms with Gasteiger partial charge in [0.05, 0.1) is 6.54 Å². The van der Waals surface area contributed by atoms with Gasteiger partial charge in [-0.2, -0.15) is 11.8 Å². The number of aryl methyl sites for hydroxylation is 1. The number of hydrogen-bond acceptors (Lipinski definition) is 4. The summed E-state index contributed by atoms with van der Waals surface area (Å²) in [6.45, 7) is 2.34. The molecular weight excluding hydrogens is 308 g/mol. The predicted octanol–water partition coefficient (Wildman–Crippen LogP) is 1.83. The molecule has 122 valence electrons. The average Bonchev–Trinajstić information content (AvgIpc) is 3.00. The lowest BCUT2D eigenvalue weighted by atomic mass is 10.0. The molecule has 0 aliphatic carbocycles. The Kier molecular flexibility index (Phi) is 5.35. The number of rotatable bonds is 5. The summed E-state index contributed by atoms with van der Waals surface area (Å²) < 4.78 is 1.93. The van der Waals surface area contributed by atoms with Crippen molar-refractivity contribution < 1.29 is 4.79 Å². The van der Waals surface area contributed by atoms with Crippen LogP contribution in [0.5, 0.6) is 0 Å². The van der Waals surface area contributed by atoms with E-state index in [2.05, 4.69) is 15.2 Å². The minimum absolute atomic E-state index is 0.0473. The topological polar surface area (TPSA) is 50.2 Å². The first-order chi connectivity index (χ1) is 11.3. The first-order valence-corrected chi connectivity index (χ1v) is 9.02. The van der Waals surface area contributed by atoms with Gasteiger partial charge >= 0.3 is 0 Å². The van der Waals surface area contributed by atoms with Crippen molar-refractivity contribution in [1.29, 1.82) is 0 Å². The third kappa shape index (κ3) is 3.95. The highest BCUT2D eigenvalue weighted by atomic mass is 32.2. The van der Waals surface area contributed by atoms with E-state index in [9.17, 15) is 4.79 Å². The fourth-order valence-electron chi connectivity index (χ4n) is 2.83. The number of carbonyl (C=O) groups excluding carboxylic acids is 1. The fourth-order valence-corrected chi connectivity index (χ4v) is 3.76. The van der Waals surface area contributed by atoms with Crippen LogP contribution in [0.2, 0.25) is 0 Å². The second-order valence-electron chi connectivity index (χ2n) is 5.63. The highest BCUT2D eigenvalue weighted by Crippen LogP contribution is 2.24. The maximum atomic E-state index is 12.9. The van der Waals surface area contributed by atoms with Crippen molar-refractivity contribution in [3.8, 4) is 0 Å². The summed E-state index contributed by atoms with van der Waals surface area (Å²) in [5, 5.41) is 3.05. The zero-order valence-corrected chi connectivity index (χ0v) is 14.1. The van der Waals surface area contributed by atoms with E-state index in [1.807, 2.05) is 59.9 Å². The number of imidazole rings is 1. The van der Waals surface area contributed by atoms with Crippen LogP contribution in [0.3, 0.4) is 0 Å². The molecule has 0 radical (unpaired) electrons. The Balaban J connectivity index is 1.74. The highest BCUT2D eigenvalue weighted by Gasteiger charge is 2.28. The van der Waals surface area contributed by atoms with Gasteiger partial charge in [-0.05, 0) is 5.56 Å². The van der Waals surface area contributed by atoms with E-state index >= 15 is 0 Å². The molecule has 1 atom stereocenters. The van der Waals surface area contributed by atoms with Gasteiger partial charge < -0.3 is 9.88 Å². The molecule has 3 rings (SSSR count). The van der Waals surface area contributed by atoms with Crippen LogP contribution >= 0.6 is 11.8 Å². The number of nitrogens with one attached hydrogen (secondary N) is 1. The van der Waals surface area contributed by atoms with Crippen LogP contribution in [-0.4, -0.2) is 45.0 Å². The molecule has 0 bridgehead atoms. The lowest BCUT2D eigenvalue weighted by Gasteiger charge is -2.33. The second-order valence-corrected chi connectivity index (χ2v) is 6.86. The Morgan fingerprint density at radius 2 is 2.04 bits per heavy atom. The molecule has 1 amide bonds. The monoisotopic (exact) mass is 330 g/mol. The van der Waals surface area contributed by atoms with Crippen LogP contribution in [0.4, 0.5) is 0 Å². The Morgan fingerprint density at radius 3 is 2.70 bits per heavy atom. The van der Waals surface area contributed by atoms with Crippen LogP contribution in [0.15, 0.2) is 42.7 Å². The maximum Gasteiger partial charge on any atom is 0.242 e. The smallest absolute Gasteiger partial charge is 0.242 e. The number of nitrogens with zero attached hydrogens (tertiary/aromatic N) is 3. The Bertz CT molecular complexity index is 637. The molecule has 1 N–H and O–H groups in total. The minimum Gasteiger partial charge on any atom is -0.347 e. The molecule has 1 unspecified atom stereocenters. The fraction of sp³-hybridized carbons (Fsp3) is 0.412. The van der Waals surface area contributed by atoms with Crippen LogP contribution < -0.4 is 5.32 Å². The normalized spacial score (nSPS) is 16.9. The molecule has 0 saturated carbocycles. The molecule has 1 aromatic carbocycles. The van der Waals surface area contributed by atoms with Crippen molar-refractivity contribution in [3.63, 3.8) is 0 Å². The summed E-state index contributed by atoms with van der Waals surface area (Å²) in [6, 6.07) is 9.82. The van der Waals surface area contributed by atoms with Crippen LogP contribution in [0.25, 0.3) is 0 Å². The highest BCUT2D eigenvalue weighted by molar-refractivity contribution is 7.99. The van der Waals surface area contributed by atoms with E-state index in [1.54, 1.807) is 6.20 Å². The molecule has 2 heterocycles. The molecule has 6 heteroatoms. The number of aromatic nitrogens is 2. The first kappa shape index (κ1) is 16.1. The van der Waals surface area contributed by atoms with Gasteiger partial charge in [-0.3, -0.25) is 9.69 Å². The van der Waals surface area contributed by atoms with Gasteiger partial charge in [0.25, 0.3) is 0 Å². The van der Waals surface area contributed by atoms with Gasteiger partial charge in [0.1, 0.15) is 11.9 Å². The molecule has 1 aliphatic rings. The van der Waals surface area contributed by atoms with E-state index in [4.69, 9.17) is 0 Å². The van der Waals surface area contributed by atoms with Crippen molar-refractivity contribution in [2.75, 3.05) is 24.6 Å². The standard InChI is InChI=1S/C17H22N4OS/c1-20-8-7-18-15(20)13-19-17(22)16(14-5-3-2-4-6-14)21-9-11-23-12-10-21/h2-8,16H,9-13H2,1H3,(H,19,22). The third-order valence-corrected chi connectivity index (χ3v) is 5.06. The summed E-state index contributed by atoms with van der Waals surface area (Å²) in [7, 11) is 1.94. The van der Waals surface area contributed by atoms with Crippen LogP contribution in [0, 0.1) is 0 Å². The van der Waals surface area contributed by atoms with E-state index in [0.29, 0.717) is 6.54 Å².